The van der Waals surface area contributed by atoms with Crippen molar-refractivity contribution in [2.24, 2.45) is 0 Å². The maximum atomic E-state index is 12.4. The van der Waals surface area contributed by atoms with Gasteiger partial charge >= 0.3 is 6.18 Å². The van der Waals surface area contributed by atoms with Crippen molar-refractivity contribution in [3.63, 3.8) is 0 Å². The standard InChI is InChI=1S/C14H16F3N3O/c1-3-20(9-14(15,16)17)10(2)13(21)19-12-7-5-4-6-11(12)8-18/h4-7,10H,3,9H2,1-2H3,(H,19,21). The van der Waals surface area contributed by atoms with Gasteiger partial charge in [0.1, 0.15) is 6.07 Å². The van der Waals surface area contributed by atoms with Crippen molar-refractivity contribution < 1.29 is 18.0 Å². The van der Waals surface area contributed by atoms with E-state index in [-0.39, 0.29) is 12.1 Å². The summed E-state index contributed by atoms with van der Waals surface area (Å²) in [7, 11) is 0. The topological polar surface area (TPSA) is 56.1 Å². The Hall–Kier alpha value is -2.07. The highest BCUT2D eigenvalue weighted by molar-refractivity contribution is 5.95. The molecule has 0 aliphatic rings. The summed E-state index contributed by atoms with van der Waals surface area (Å²) in [6, 6.07) is 7.28. The number of likely N-dealkylation sites (N-methyl/N-ethyl adjacent to an activating group) is 1. The van der Waals surface area contributed by atoms with Crippen molar-refractivity contribution in [3.8, 4) is 6.07 Å². The van der Waals surface area contributed by atoms with Gasteiger partial charge in [-0.15, -0.1) is 0 Å². The quantitative estimate of drug-likeness (QED) is 0.909. The molecule has 0 saturated heterocycles. The Labute approximate surface area is 121 Å². The number of hydrogen-bond acceptors (Lipinski definition) is 3. The molecule has 0 saturated carbocycles. The van der Waals surface area contributed by atoms with Crippen LogP contribution in [0.25, 0.3) is 0 Å². The van der Waals surface area contributed by atoms with Gasteiger partial charge in [0.05, 0.1) is 23.8 Å². The average Bonchev–Trinajstić information content (AvgIpc) is 2.43. The molecule has 0 aliphatic heterocycles. The van der Waals surface area contributed by atoms with Crippen molar-refractivity contribution in [1.82, 2.24) is 4.90 Å². The maximum Gasteiger partial charge on any atom is 0.401 e. The third kappa shape index (κ3) is 5.08. The molecule has 0 aliphatic carbocycles. The van der Waals surface area contributed by atoms with Crippen molar-refractivity contribution in [2.75, 3.05) is 18.4 Å². The molecule has 0 spiro atoms. The lowest BCUT2D eigenvalue weighted by Gasteiger charge is -2.27. The number of para-hydroxylation sites is 1. The van der Waals surface area contributed by atoms with Crippen molar-refractivity contribution in [3.05, 3.63) is 29.8 Å². The molecule has 0 fully saturated rings. The molecule has 1 aromatic carbocycles. The van der Waals surface area contributed by atoms with Crippen molar-refractivity contribution >= 4 is 11.6 Å². The highest BCUT2D eigenvalue weighted by Gasteiger charge is 2.34. The molecule has 114 valence electrons. The van der Waals surface area contributed by atoms with E-state index in [1.807, 2.05) is 6.07 Å². The number of nitrogens with one attached hydrogen (secondary N) is 1. The molecule has 0 heterocycles. The number of alkyl halides is 3. The summed E-state index contributed by atoms with van der Waals surface area (Å²) < 4.78 is 37.3. The number of anilines is 1. The molecule has 0 aromatic heterocycles. The molecular formula is C14H16F3N3O. The number of nitrogens with zero attached hydrogens (tertiary/aromatic N) is 2. The van der Waals surface area contributed by atoms with E-state index in [1.54, 1.807) is 19.1 Å². The summed E-state index contributed by atoms with van der Waals surface area (Å²) in [5.41, 5.74) is 0.553. The van der Waals surface area contributed by atoms with Crippen LogP contribution in [0.2, 0.25) is 0 Å². The molecule has 1 unspecified atom stereocenters. The Balaban J connectivity index is 2.80. The fourth-order valence-corrected chi connectivity index (χ4v) is 1.85. The van der Waals surface area contributed by atoms with Crippen LogP contribution in [0.4, 0.5) is 18.9 Å². The predicted molar refractivity (Wildman–Crippen MR) is 72.6 cm³/mol. The number of rotatable bonds is 5. The lowest BCUT2D eigenvalue weighted by atomic mass is 10.2. The zero-order valence-corrected chi connectivity index (χ0v) is 11.7. The van der Waals surface area contributed by atoms with Gasteiger partial charge in [0.25, 0.3) is 0 Å². The number of amides is 1. The second-order valence-corrected chi connectivity index (χ2v) is 4.50. The van der Waals surface area contributed by atoms with E-state index in [1.165, 1.54) is 19.1 Å². The Morgan fingerprint density at radius 1 is 1.43 bits per heavy atom. The molecule has 0 bridgehead atoms. The van der Waals surface area contributed by atoms with Gasteiger partial charge in [0.2, 0.25) is 5.91 Å². The van der Waals surface area contributed by atoms with Crippen LogP contribution >= 0.6 is 0 Å². The largest absolute Gasteiger partial charge is 0.401 e. The summed E-state index contributed by atoms with van der Waals surface area (Å²) in [6.45, 7) is 1.89. The molecule has 1 aromatic rings. The van der Waals surface area contributed by atoms with E-state index in [0.717, 1.165) is 4.90 Å². The van der Waals surface area contributed by atoms with Crippen LogP contribution in [-0.4, -0.2) is 36.1 Å². The third-order valence-electron chi connectivity index (χ3n) is 3.02. The zero-order valence-electron chi connectivity index (χ0n) is 11.7. The summed E-state index contributed by atoms with van der Waals surface area (Å²) >= 11 is 0. The number of carbonyl (C=O) groups is 1. The SMILES string of the molecule is CCN(CC(F)(F)F)C(C)C(=O)Nc1ccccc1C#N. The molecule has 1 atom stereocenters. The minimum Gasteiger partial charge on any atom is -0.324 e. The normalized spacial score (nSPS) is 12.8. The summed E-state index contributed by atoms with van der Waals surface area (Å²) in [5, 5.41) is 11.4. The zero-order chi connectivity index (χ0) is 16.0. The lowest BCUT2D eigenvalue weighted by Crippen LogP contribution is -2.46. The molecule has 1 rings (SSSR count). The molecule has 1 amide bonds. The average molecular weight is 299 g/mol. The van der Waals surface area contributed by atoms with Crippen molar-refractivity contribution in [2.45, 2.75) is 26.1 Å². The van der Waals surface area contributed by atoms with Gasteiger partial charge in [0, 0.05) is 0 Å². The van der Waals surface area contributed by atoms with Crippen LogP contribution in [-0.2, 0) is 4.79 Å². The second-order valence-electron chi connectivity index (χ2n) is 4.50. The van der Waals surface area contributed by atoms with Crippen LogP contribution in [0.3, 0.4) is 0 Å². The van der Waals surface area contributed by atoms with Gasteiger partial charge < -0.3 is 5.32 Å². The highest BCUT2D eigenvalue weighted by atomic mass is 19.4. The summed E-state index contributed by atoms with van der Waals surface area (Å²) in [6.07, 6.45) is -4.37. The van der Waals surface area contributed by atoms with E-state index >= 15 is 0 Å². The molecule has 0 radical (unpaired) electrons. The molecule has 21 heavy (non-hydrogen) atoms. The number of benzene rings is 1. The van der Waals surface area contributed by atoms with Gasteiger partial charge in [-0.05, 0) is 25.6 Å². The number of halogens is 3. The summed E-state index contributed by atoms with van der Waals surface area (Å²) in [5.74, 6) is -0.580. The van der Waals surface area contributed by atoms with Gasteiger partial charge in [-0.25, -0.2) is 0 Å². The predicted octanol–water partition coefficient (Wildman–Crippen LogP) is 2.77. The number of carbonyl (C=O) groups excluding carboxylic acids is 1. The molecule has 1 N–H and O–H groups in total. The third-order valence-corrected chi connectivity index (χ3v) is 3.02. The van der Waals surface area contributed by atoms with Crippen LogP contribution in [0.1, 0.15) is 19.4 Å². The van der Waals surface area contributed by atoms with Crippen LogP contribution in [0, 0.1) is 11.3 Å². The minimum atomic E-state index is -4.37. The second kappa shape index (κ2) is 7.09. The number of hydrogen-bond donors (Lipinski definition) is 1. The first-order valence-electron chi connectivity index (χ1n) is 6.39. The first kappa shape index (κ1) is 17.0. The van der Waals surface area contributed by atoms with E-state index in [4.69, 9.17) is 5.26 Å². The van der Waals surface area contributed by atoms with Gasteiger partial charge in [-0.3, -0.25) is 9.69 Å². The molecule has 4 nitrogen and oxygen atoms in total. The molecular weight excluding hydrogens is 283 g/mol. The first-order chi connectivity index (χ1) is 9.78. The summed E-state index contributed by atoms with van der Waals surface area (Å²) in [4.78, 5) is 13.1. The van der Waals surface area contributed by atoms with Gasteiger partial charge in [-0.2, -0.15) is 18.4 Å². The van der Waals surface area contributed by atoms with E-state index in [9.17, 15) is 18.0 Å². The van der Waals surface area contributed by atoms with Crippen LogP contribution < -0.4 is 5.32 Å². The van der Waals surface area contributed by atoms with E-state index in [2.05, 4.69) is 5.32 Å². The smallest absolute Gasteiger partial charge is 0.324 e. The number of nitriles is 1. The maximum absolute atomic E-state index is 12.4. The van der Waals surface area contributed by atoms with Gasteiger partial charge in [-0.1, -0.05) is 19.1 Å². The molecule has 7 heteroatoms. The van der Waals surface area contributed by atoms with Crippen LogP contribution in [0.5, 0.6) is 0 Å². The van der Waals surface area contributed by atoms with Crippen molar-refractivity contribution in [1.29, 1.82) is 5.26 Å². The Kier molecular flexibility index (Phi) is 5.73. The van der Waals surface area contributed by atoms with Crippen LogP contribution in [0.15, 0.2) is 24.3 Å². The Morgan fingerprint density at radius 2 is 2.05 bits per heavy atom. The highest BCUT2D eigenvalue weighted by Crippen LogP contribution is 2.19. The minimum absolute atomic E-state index is 0.0913. The monoisotopic (exact) mass is 299 g/mol. The fourth-order valence-electron chi connectivity index (χ4n) is 1.85. The van der Waals surface area contributed by atoms with E-state index in [0.29, 0.717) is 5.69 Å². The van der Waals surface area contributed by atoms with E-state index < -0.39 is 24.7 Å². The lowest BCUT2D eigenvalue weighted by molar-refractivity contribution is -0.152. The first-order valence-corrected chi connectivity index (χ1v) is 6.39. The Morgan fingerprint density at radius 3 is 2.57 bits per heavy atom. The Bertz CT molecular complexity index is 537. The van der Waals surface area contributed by atoms with Gasteiger partial charge in [0.15, 0.2) is 0 Å². The fraction of sp³-hybridized carbons (Fsp3) is 0.429.